The molecule has 0 bridgehead atoms. The number of aromatic hydroxyl groups is 2. The summed E-state index contributed by atoms with van der Waals surface area (Å²) in [6.07, 6.45) is 11.3. The Labute approximate surface area is 209 Å². The minimum Gasteiger partial charge on any atom is -0.504 e. The lowest BCUT2D eigenvalue weighted by molar-refractivity contribution is -0.122. The minimum atomic E-state index is -0.250. The number of carboxylic acid groups (broad SMARTS) is 1. The van der Waals surface area contributed by atoms with Crippen LogP contribution in [-0.2, 0) is 10.2 Å². The summed E-state index contributed by atoms with van der Waals surface area (Å²) in [6.45, 7) is 11.9. The predicted octanol–water partition coefficient (Wildman–Crippen LogP) is 6.02. The normalized spacial score (nSPS) is 39.5. The molecular weight excluding hydrogens is 442 g/mol. The first-order chi connectivity index (χ1) is 16.5. The molecule has 194 valence electrons. The van der Waals surface area contributed by atoms with Gasteiger partial charge in [-0.05, 0) is 96.8 Å². The molecule has 5 rings (SSSR count). The van der Waals surface area contributed by atoms with Crippen molar-refractivity contribution in [3.63, 3.8) is 0 Å². The molecular formula is C29H43NO5. The maximum absolute atomic E-state index is 10.6. The van der Waals surface area contributed by atoms with Crippen LogP contribution in [-0.4, -0.2) is 33.5 Å². The lowest BCUT2D eigenvalue weighted by Gasteiger charge is -2.64. The van der Waals surface area contributed by atoms with Crippen LogP contribution in [0.3, 0.4) is 0 Å². The Hall–Kier alpha value is -2.05. The van der Waals surface area contributed by atoms with E-state index in [2.05, 4.69) is 39.3 Å². The molecule has 1 aromatic carbocycles. The Balaban J connectivity index is 0.000000917. The number of carbonyl (C=O) groups is 1. The fourth-order valence-corrected chi connectivity index (χ4v) is 8.73. The molecule has 1 aromatic rings. The number of benzene rings is 1. The second-order valence-corrected chi connectivity index (χ2v) is 12.5. The van der Waals surface area contributed by atoms with Gasteiger partial charge in [-0.15, -0.1) is 0 Å². The standard InChI is InChI=1S/C28H41NO3.CH2O2/c1-16-6-8-26(3)10-11-28(5)19(20(26)12-16)7-9-27(4)21-14-22(30)25(31)17(2)24(21)18(15-29-32)13-23(27)28;2-1-3/h13-14,16,18-20,29-32H,6-12,15H2,1-5H3;1H,(H,2,3). The van der Waals surface area contributed by atoms with Crippen LogP contribution in [0.1, 0.15) is 95.2 Å². The highest BCUT2D eigenvalue weighted by Crippen LogP contribution is 2.69. The number of hydroxylamine groups is 1. The number of allylic oxidation sites excluding steroid dienone is 1. The largest absolute Gasteiger partial charge is 0.504 e. The highest BCUT2D eigenvalue weighted by molar-refractivity contribution is 5.62. The first kappa shape index (κ1) is 26.0. The van der Waals surface area contributed by atoms with Gasteiger partial charge in [-0.2, -0.15) is 0 Å². The Morgan fingerprint density at radius 3 is 2.43 bits per heavy atom. The lowest BCUT2D eigenvalue weighted by atomic mass is 9.40. The van der Waals surface area contributed by atoms with Gasteiger partial charge < -0.3 is 20.5 Å². The zero-order valence-corrected chi connectivity index (χ0v) is 21.9. The molecule has 3 saturated carbocycles. The molecule has 0 spiro atoms. The Kier molecular flexibility index (Phi) is 6.78. The Bertz CT molecular complexity index is 1020. The highest BCUT2D eigenvalue weighted by Gasteiger charge is 2.60. The molecule has 0 heterocycles. The zero-order chi connectivity index (χ0) is 25.8. The van der Waals surface area contributed by atoms with Gasteiger partial charge in [0.25, 0.3) is 6.47 Å². The van der Waals surface area contributed by atoms with Gasteiger partial charge in [0, 0.05) is 17.9 Å². The van der Waals surface area contributed by atoms with Crippen molar-refractivity contribution in [2.45, 2.75) is 90.9 Å². The van der Waals surface area contributed by atoms with Crippen LogP contribution >= 0.6 is 0 Å². The molecule has 7 unspecified atom stereocenters. The van der Waals surface area contributed by atoms with E-state index in [0.717, 1.165) is 34.9 Å². The summed E-state index contributed by atoms with van der Waals surface area (Å²) in [6, 6.07) is 1.81. The number of phenols is 2. The summed E-state index contributed by atoms with van der Waals surface area (Å²) in [5.74, 6) is 2.22. The lowest BCUT2D eigenvalue weighted by Crippen LogP contribution is -2.56. The first-order valence-electron chi connectivity index (χ1n) is 13.2. The monoisotopic (exact) mass is 485 g/mol. The van der Waals surface area contributed by atoms with Crippen LogP contribution < -0.4 is 5.48 Å². The molecule has 0 saturated heterocycles. The zero-order valence-electron chi connectivity index (χ0n) is 21.9. The van der Waals surface area contributed by atoms with Crippen molar-refractivity contribution >= 4 is 6.47 Å². The van der Waals surface area contributed by atoms with E-state index in [0.29, 0.717) is 17.9 Å². The Morgan fingerprint density at radius 1 is 1.09 bits per heavy atom. The molecule has 0 radical (unpaired) electrons. The summed E-state index contributed by atoms with van der Waals surface area (Å²) < 4.78 is 0. The molecule has 0 aromatic heterocycles. The average Bonchev–Trinajstić information content (AvgIpc) is 2.80. The fourth-order valence-electron chi connectivity index (χ4n) is 8.73. The smallest absolute Gasteiger partial charge is 0.290 e. The minimum absolute atomic E-state index is 0.0151. The summed E-state index contributed by atoms with van der Waals surface area (Å²) in [5.41, 5.74) is 7.34. The average molecular weight is 486 g/mol. The quantitative estimate of drug-likeness (QED) is 0.152. The maximum Gasteiger partial charge on any atom is 0.290 e. The topological polar surface area (TPSA) is 110 Å². The second-order valence-electron chi connectivity index (χ2n) is 12.5. The number of nitrogens with one attached hydrogen (secondary N) is 1. The summed E-state index contributed by atoms with van der Waals surface area (Å²) in [4.78, 5) is 8.36. The van der Waals surface area contributed by atoms with Crippen LogP contribution in [0.15, 0.2) is 17.7 Å². The molecule has 4 aliphatic carbocycles. The number of hydrogen-bond acceptors (Lipinski definition) is 5. The van der Waals surface area contributed by atoms with E-state index in [1.54, 1.807) is 0 Å². The van der Waals surface area contributed by atoms with E-state index in [9.17, 15) is 15.4 Å². The molecule has 0 aliphatic heterocycles. The van der Waals surface area contributed by atoms with Gasteiger partial charge in [0.2, 0.25) is 0 Å². The van der Waals surface area contributed by atoms with Gasteiger partial charge in [0.1, 0.15) is 0 Å². The molecule has 6 heteroatoms. The number of hydrogen-bond donors (Lipinski definition) is 5. The van der Waals surface area contributed by atoms with Crippen LogP contribution in [0.25, 0.3) is 0 Å². The van der Waals surface area contributed by atoms with Crippen LogP contribution in [0.2, 0.25) is 0 Å². The molecule has 4 aliphatic rings. The van der Waals surface area contributed by atoms with Gasteiger partial charge in [0.05, 0.1) is 0 Å². The summed E-state index contributed by atoms with van der Waals surface area (Å²) in [5, 5.41) is 37.6. The molecule has 35 heavy (non-hydrogen) atoms. The second kappa shape index (κ2) is 9.11. The van der Waals surface area contributed by atoms with Crippen molar-refractivity contribution in [2.24, 2.45) is 28.6 Å². The summed E-state index contributed by atoms with van der Waals surface area (Å²) >= 11 is 0. The third-order valence-corrected chi connectivity index (χ3v) is 10.7. The third kappa shape index (κ3) is 3.88. The highest BCUT2D eigenvalue weighted by atomic mass is 16.5. The van der Waals surface area contributed by atoms with Crippen molar-refractivity contribution < 1.29 is 25.3 Å². The van der Waals surface area contributed by atoms with Crippen LogP contribution in [0, 0.1) is 35.5 Å². The van der Waals surface area contributed by atoms with E-state index in [1.807, 2.05) is 13.0 Å². The van der Waals surface area contributed by atoms with E-state index in [1.165, 1.54) is 44.1 Å². The van der Waals surface area contributed by atoms with E-state index in [-0.39, 0.29) is 34.7 Å². The SMILES string of the molecule is Cc1c(O)c(O)cc2c1C(CNO)C=C1C2(C)CCC2C3CC(C)CCC3(C)CCC12C.O=CO. The van der Waals surface area contributed by atoms with Gasteiger partial charge in [-0.3, -0.25) is 4.79 Å². The maximum atomic E-state index is 10.6. The number of fused-ring (bicyclic) bond motifs is 7. The van der Waals surface area contributed by atoms with Crippen molar-refractivity contribution in [1.82, 2.24) is 5.48 Å². The van der Waals surface area contributed by atoms with Gasteiger partial charge in [0.15, 0.2) is 11.5 Å². The van der Waals surface area contributed by atoms with E-state index >= 15 is 0 Å². The molecule has 3 fully saturated rings. The molecule has 7 atom stereocenters. The summed E-state index contributed by atoms with van der Waals surface area (Å²) in [7, 11) is 0. The van der Waals surface area contributed by atoms with Crippen molar-refractivity contribution in [3.05, 3.63) is 34.4 Å². The van der Waals surface area contributed by atoms with Crippen molar-refractivity contribution in [2.75, 3.05) is 6.54 Å². The molecule has 0 amide bonds. The van der Waals surface area contributed by atoms with Gasteiger partial charge >= 0.3 is 0 Å². The number of phenolic OH excluding ortho intramolecular Hbond substituents is 2. The number of rotatable bonds is 2. The first-order valence-corrected chi connectivity index (χ1v) is 13.2. The van der Waals surface area contributed by atoms with Crippen LogP contribution in [0.5, 0.6) is 11.5 Å². The van der Waals surface area contributed by atoms with Crippen molar-refractivity contribution in [3.8, 4) is 11.5 Å². The van der Waals surface area contributed by atoms with E-state index < -0.39 is 0 Å². The van der Waals surface area contributed by atoms with E-state index in [4.69, 9.17) is 9.90 Å². The van der Waals surface area contributed by atoms with Crippen LogP contribution in [0.4, 0.5) is 0 Å². The fraction of sp³-hybridized carbons (Fsp3) is 0.690. The molecule has 6 nitrogen and oxygen atoms in total. The Morgan fingerprint density at radius 2 is 1.77 bits per heavy atom. The van der Waals surface area contributed by atoms with Gasteiger partial charge in [-0.25, -0.2) is 5.48 Å². The predicted molar refractivity (Wildman–Crippen MR) is 136 cm³/mol. The molecule has 5 N–H and O–H groups in total. The van der Waals surface area contributed by atoms with Crippen molar-refractivity contribution in [1.29, 1.82) is 0 Å². The van der Waals surface area contributed by atoms with Gasteiger partial charge in [-0.1, -0.05) is 45.8 Å². The third-order valence-electron chi connectivity index (χ3n) is 10.7.